The Hall–Kier alpha value is -1.06. The summed E-state index contributed by atoms with van der Waals surface area (Å²) in [7, 11) is 0. The van der Waals surface area contributed by atoms with Crippen LogP contribution in [0.15, 0.2) is 24.3 Å². The molecule has 2 heterocycles. The summed E-state index contributed by atoms with van der Waals surface area (Å²) >= 11 is 0. The average Bonchev–Trinajstić information content (AvgIpc) is 2.54. The number of benzene rings is 1. The summed E-state index contributed by atoms with van der Waals surface area (Å²) in [5.41, 5.74) is 2.82. The zero-order valence-corrected chi connectivity index (χ0v) is 11.2. The minimum absolute atomic E-state index is 0.793. The van der Waals surface area contributed by atoms with Gasteiger partial charge in [0.25, 0.3) is 0 Å². The predicted octanol–water partition coefficient (Wildman–Crippen LogP) is 1.48. The Morgan fingerprint density at radius 2 is 1.89 bits per heavy atom. The van der Waals surface area contributed by atoms with E-state index in [-0.39, 0.29) is 0 Å². The van der Waals surface area contributed by atoms with Gasteiger partial charge in [-0.1, -0.05) is 18.2 Å². The summed E-state index contributed by atoms with van der Waals surface area (Å²) in [6.07, 6.45) is 1.28. The zero-order valence-electron chi connectivity index (χ0n) is 11.2. The van der Waals surface area contributed by atoms with Crippen LogP contribution in [0.5, 0.6) is 0 Å². The van der Waals surface area contributed by atoms with Crippen molar-refractivity contribution >= 4 is 5.69 Å². The lowest BCUT2D eigenvalue weighted by Gasteiger charge is -2.37. The molecule has 0 bridgehead atoms. The number of rotatable bonds is 2. The maximum atomic E-state index is 3.38. The molecule has 0 saturated carbocycles. The molecule has 2 aliphatic rings. The van der Waals surface area contributed by atoms with Crippen LogP contribution in [0, 0.1) is 6.92 Å². The molecule has 1 N–H and O–H groups in total. The number of nitrogens with zero attached hydrogens (tertiary/aromatic N) is 2. The third kappa shape index (κ3) is 2.38. The topological polar surface area (TPSA) is 18.5 Å². The zero-order chi connectivity index (χ0) is 12.4. The van der Waals surface area contributed by atoms with E-state index >= 15 is 0 Å². The van der Waals surface area contributed by atoms with Crippen LogP contribution in [0.1, 0.15) is 12.0 Å². The molecule has 3 rings (SSSR count). The van der Waals surface area contributed by atoms with Crippen molar-refractivity contribution in [3.63, 3.8) is 0 Å². The number of aryl methyl sites for hydroxylation is 1. The minimum atomic E-state index is 0.793. The van der Waals surface area contributed by atoms with Gasteiger partial charge in [-0.3, -0.25) is 4.90 Å². The van der Waals surface area contributed by atoms with Gasteiger partial charge in [0.05, 0.1) is 0 Å². The maximum absolute atomic E-state index is 3.38. The molecule has 0 spiro atoms. The van der Waals surface area contributed by atoms with Crippen LogP contribution in [-0.2, 0) is 0 Å². The van der Waals surface area contributed by atoms with Crippen molar-refractivity contribution in [1.29, 1.82) is 0 Å². The van der Waals surface area contributed by atoms with Gasteiger partial charge in [0.15, 0.2) is 0 Å². The lowest BCUT2D eigenvalue weighted by atomic mass is 10.1. The normalized spacial score (nSPS) is 22.6. The molecule has 3 nitrogen and oxygen atoms in total. The van der Waals surface area contributed by atoms with Crippen LogP contribution in [-0.4, -0.2) is 50.2 Å². The summed E-state index contributed by atoms with van der Waals surface area (Å²) in [5.74, 6) is 0. The Balaban J connectivity index is 1.66. The van der Waals surface area contributed by atoms with Crippen molar-refractivity contribution < 1.29 is 0 Å². The van der Waals surface area contributed by atoms with E-state index in [1.54, 1.807) is 0 Å². The minimum Gasteiger partial charge on any atom is -0.370 e. The van der Waals surface area contributed by atoms with E-state index in [9.17, 15) is 0 Å². The van der Waals surface area contributed by atoms with Crippen LogP contribution in [0.4, 0.5) is 5.69 Å². The first-order valence-corrected chi connectivity index (χ1v) is 7.10. The van der Waals surface area contributed by atoms with E-state index in [0.29, 0.717) is 0 Å². The molecule has 0 radical (unpaired) electrons. The third-order valence-corrected chi connectivity index (χ3v) is 4.26. The van der Waals surface area contributed by atoms with E-state index in [1.165, 1.54) is 56.9 Å². The maximum Gasteiger partial charge on any atom is 0.0396 e. The molecule has 0 aliphatic carbocycles. The van der Waals surface area contributed by atoms with Crippen molar-refractivity contribution in [2.45, 2.75) is 19.4 Å². The number of para-hydroxylation sites is 1. The van der Waals surface area contributed by atoms with Gasteiger partial charge < -0.3 is 10.2 Å². The first kappa shape index (κ1) is 12.0. The van der Waals surface area contributed by atoms with E-state index in [0.717, 1.165) is 6.04 Å². The van der Waals surface area contributed by atoms with E-state index < -0.39 is 0 Å². The van der Waals surface area contributed by atoms with Gasteiger partial charge in [0.1, 0.15) is 0 Å². The summed E-state index contributed by atoms with van der Waals surface area (Å²) < 4.78 is 0. The van der Waals surface area contributed by atoms with Gasteiger partial charge in [-0.25, -0.2) is 0 Å². The summed E-state index contributed by atoms with van der Waals surface area (Å²) in [6, 6.07) is 9.55. The second kappa shape index (κ2) is 5.29. The van der Waals surface area contributed by atoms with Gasteiger partial charge in [0.2, 0.25) is 0 Å². The highest BCUT2D eigenvalue weighted by atomic mass is 15.3. The highest BCUT2D eigenvalue weighted by Gasteiger charge is 2.26. The molecule has 3 heteroatoms. The van der Waals surface area contributed by atoms with Crippen LogP contribution in [0.2, 0.25) is 0 Å². The molecule has 0 amide bonds. The molecule has 2 fully saturated rings. The predicted molar refractivity (Wildman–Crippen MR) is 76.2 cm³/mol. The standard InChI is InChI=1S/C15H23N3/c1-13-5-2-3-6-15(13)18-8-4-7-17(9-10-18)14-11-16-12-14/h2-3,5-6,14,16H,4,7-12H2,1H3. The average molecular weight is 245 g/mol. The van der Waals surface area contributed by atoms with Crippen molar-refractivity contribution in [1.82, 2.24) is 10.2 Å². The van der Waals surface area contributed by atoms with Crippen LogP contribution in [0.3, 0.4) is 0 Å². The molecule has 0 unspecified atom stereocenters. The fraction of sp³-hybridized carbons (Fsp3) is 0.600. The Morgan fingerprint density at radius 3 is 2.61 bits per heavy atom. The Labute approximate surface area is 110 Å². The fourth-order valence-electron chi connectivity index (χ4n) is 2.99. The highest BCUT2D eigenvalue weighted by molar-refractivity contribution is 5.53. The number of anilines is 1. The monoisotopic (exact) mass is 245 g/mol. The molecule has 1 aromatic rings. The third-order valence-electron chi connectivity index (χ3n) is 4.26. The lowest BCUT2D eigenvalue weighted by Crippen LogP contribution is -2.57. The van der Waals surface area contributed by atoms with Gasteiger partial charge in [-0.2, -0.15) is 0 Å². The SMILES string of the molecule is Cc1ccccc1N1CCCN(C2CNC2)CC1. The number of nitrogens with one attached hydrogen (secondary N) is 1. The molecule has 1 aromatic carbocycles. The Kier molecular flexibility index (Phi) is 3.52. The smallest absolute Gasteiger partial charge is 0.0396 e. The van der Waals surface area contributed by atoms with Crippen LogP contribution < -0.4 is 10.2 Å². The van der Waals surface area contributed by atoms with Gasteiger partial charge in [0, 0.05) is 51.0 Å². The molecule has 2 aliphatic heterocycles. The Morgan fingerprint density at radius 1 is 1.06 bits per heavy atom. The molecule has 18 heavy (non-hydrogen) atoms. The van der Waals surface area contributed by atoms with Crippen molar-refractivity contribution in [3.8, 4) is 0 Å². The summed E-state index contributed by atoms with van der Waals surface area (Å²) in [5, 5.41) is 3.38. The number of hydrogen-bond acceptors (Lipinski definition) is 3. The van der Waals surface area contributed by atoms with Gasteiger partial charge in [-0.05, 0) is 25.0 Å². The first-order chi connectivity index (χ1) is 8.84. The first-order valence-electron chi connectivity index (χ1n) is 7.10. The van der Waals surface area contributed by atoms with Crippen molar-refractivity contribution in [3.05, 3.63) is 29.8 Å². The van der Waals surface area contributed by atoms with E-state index in [1.807, 2.05) is 0 Å². The van der Waals surface area contributed by atoms with Gasteiger partial charge in [-0.15, -0.1) is 0 Å². The second-order valence-electron chi connectivity index (χ2n) is 5.48. The lowest BCUT2D eigenvalue weighted by molar-refractivity contribution is 0.155. The second-order valence-corrected chi connectivity index (χ2v) is 5.48. The summed E-state index contributed by atoms with van der Waals surface area (Å²) in [6.45, 7) is 9.42. The van der Waals surface area contributed by atoms with E-state index in [2.05, 4.69) is 46.3 Å². The quantitative estimate of drug-likeness (QED) is 0.851. The van der Waals surface area contributed by atoms with Crippen LogP contribution >= 0.6 is 0 Å². The van der Waals surface area contributed by atoms with Crippen LogP contribution in [0.25, 0.3) is 0 Å². The summed E-state index contributed by atoms with van der Waals surface area (Å²) in [4.78, 5) is 5.22. The molecule has 2 saturated heterocycles. The fourth-order valence-corrected chi connectivity index (χ4v) is 2.99. The van der Waals surface area contributed by atoms with Crippen molar-refractivity contribution in [2.24, 2.45) is 0 Å². The highest BCUT2D eigenvalue weighted by Crippen LogP contribution is 2.21. The van der Waals surface area contributed by atoms with E-state index in [4.69, 9.17) is 0 Å². The molecular formula is C15H23N3. The molecule has 98 valence electrons. The number of hydrogen-bond donors (Lipinski definition) is 1. The molecular weight excluding hydrogens is 222 g/mol. The molecule has 0 atom stereocenters. The molecule has 0 aromatic heterocycles. The van der Waals surface area contributed by atoms with Gasteiger partial charge >= 0.3 is 0 Å². The van der Waals surface area contributed by atoms with Crippen molar-refractivity contribution in [2.75, 3.05) is 44.2 Å². The largest absolute Gasteiger partial charge is 0.370 e. The Bertz CT molecular complexity index is 400.